The van der Waals surface area contributed by atoms with Crippen LogP contribution in [0.1, 0.15) is 37.8 Å². The molecule has 2 aliphatic rings. The van der Waals surface area contributed by atoms with Crippen LogP contribution in [0.5, 0.6) is 0 Å². The molecule has 0 amide bonds. The molecule has 0 radical (unpaired) electrons. The van der Waals surface area contributed by atoms with Crippen LogP contribution in [0.3, 0.4) is 0 Å². The summed E-state index contributed by atoms with van der Waals surface area (Å²) in [5.41, 5.74) is 3.47. The predicted octanol–water partition coefficient (Wildman–Crippen LogP) is 3.18. The van der Waals surface area contributed by atoms with Crippen molar-refractivity contribution in [2.75, 3.05) is 17.2 Å². The minimum Gasteiger partial charge on any atom is -0.366 e. The third kappa shape index (κ3) is 3.63. The third-order valence-corrected chi connectivity index (χ3v) is 6.67. The summed E-state index contributed by atoms with van der Waals surface area (Å²) in [6.07, 6.45) is 5.21. The Morgan fingerprint density at radius 3 is 2.86 bits per heavy atom. The second-order valence-corrected chi connectivity index (χ2v) is 8.66. The number of aromatic nitrogens is 5. The monoisotopic (exact) mass is 409 g/mol. The molecule has 10 heteroatoms. The fourth-order valence-corrected chi connectivity index (χ4v) is 5.32. The van der Waals surface area contributed by atoms with Gasteiger partial charge in [0.1, 0.15) is 4.70 Å². The summed E-state index contributed by atoms with van der Waals surface area (Å²) in [4.78, 5) is 16.2. The zero-order valence-electron chi connectivity index (χ0n) is 16.2. The lowest BCUT2D eigenvalue weighted by Gasteiger charge is -2.39. The number of fused-ring (bicyclic) bond motifs is 3. The molecule has 3 aromatic heterocycles. The Morgan fingerprint density at radius 1 is 1.31 bits per heavy atom. The first-order valence-electron chi connectivity index (χ1n) is 9.99. The molecular formula is C19H23N9S. The molecule has 9 nitrogen and oxygen atoms in total. The lowest BCUT2D eigenvalue weighted by Crippen LogP contribution is -2.47. The van der Waals surface area contributed by atoms with E-state index in [-0.39, 0.29) is 0 Å². The maximum atomic E-state index is 8.93. The molecule has 2 saturated heterocycles. The van der Waals surface area contributed by atoms with Crippen LogP contribution in [-0.4, -0.2) is 54.7 Å². The number of thiazole rings is 1. The molecule has 5 heterocycles. The van der Waals surface area contributed by atoms with E-state index in [0.717, 1.165) is 35.6 Å². The molecule has 0 saturated carbocycles. The number of H-pyrrole nitrogens is 1. The molecule has 3 aromatic rings. The molecule has 0 spiro atoms. The fourth-order valence-electron chi connectivity index (χ4n) is 4.64. The van der Waals surface area contributed by atoms with Gasteiger partial charge in [0.2, 0.25) is 5.95 Å². The number of nitrogens with one attached hydrogen (secondary N) is 3. The smallest absolute Gasteiger partial charge is 0.232 e. The first kappa shape index (κ1) is 18.3. The summed E-state index contributed by atoms with van der Waals surface area (Å²) in [6.45, 7) is 2.84. The second-order valence-electron chi connectivity index (χ2n) is 7.81. The Bertz CT molecular complexity index is 1040. The topological polar surface area (TPSA) is 118 Å². The summed E-state index contributed by atoms with van der Waals surface area (Å²) < 4.78 is 0.980. The highest BCUT2D eigenvalue weighted by Gasteiger charge is 2.40. The molecular weight excluding hydrogens is 386 g/mol. The summed E-state index contributed by atoms with van der Waals surface area (Å²) in [5, 5.41) is 22.9. The second kappa shape index (κ2) is 7.57. The van der Waals surface area contributed by atoms with Crippen molar-refractivity contribution in [2.45, 2.75) is 57.2 Å². The number of aromatic amines is 1. The average Bonchev–Trinajstić information content (AvgIpc) is 3.39. The van der Waals surface area contributed by atoms with Crippen LogP contribution in [0.4, 0.5) is 17.6 Å². The molecule has 2 fully saturated rings. The molecule has 5 rings (SSSR count). The summed E-state index contributed by atoms with van der Waals surface area (Å²) >= 11 is 1.56. The number of hydrogen-bond donors (Lipinski definition) is 3. The van der Waals surface area contributed by atoms with Crippen molar-refractivity contribution in [3.05, 3.63) is 17.3 Å². The molecule has 3 N–H and O–H groups in total. The molecule has 150 valence electrons. The van der Waals surface area contributed by atoms with Gasteiger partial charge in [0, 0.05) is 42.9 Å². The molecule has 2 bridgehead atoms. The van der Waals surface area contributed by atoms with Crippen molar-refractivity contribution in [2.24, 2.45) is 0 Å². The van der Waals surface area contributed by atoms with Gasteiger partial charge in [-0.25, -0.2) is 4.98 Å². The van der Waals surface area contributed by atoms with Crippen LogP contribution in [0.15, 0.2) is 11.6 Å². The molecule has 0 aromatic carbocycles. The maximum absolute atomic E-state index is 8.93. The van der Waals surface area contributed by atoms with E-state index in [1.807, 2.05) is 13.0 Å². The Kier molecular flexibility index (Phi) is 4.77. The van der Waals surface area contributed by atoms with Gasteiger partial charge in [0.15, 0.2) is 17.3 Å². The van der Waals surface area contributed by atoms with Gasteiger partial charge < -0.3 is 10.6 Å². The number of rotatable bonds is 6. The van der Waals surface area contributed by atoms with Crippen LogP contribution in [0, 0.1) is 18.3 Å². The van der Waals surface area contributed by atoms with Crippen LogP contribution in [-0.2, 0) is 0 Å². The minimum absolute atomic E-state index is 0.367. The van der Waals surface area contributed by atoms with Crippen LogP contribution in [0.25, 0.3) is 10.3 Å². The Balaban J connectivity index is 1.35. The number of nitriles is 1. The first-order chi connectivity index (χ1) is 14.2. The van der Waals surface area contributed by atoms with Gasteiger partial charge in [-0.1, -0.05) is 0 Å². The van der Waals surface area contributed by atoms with Crippen LogP contribution >= 0.6 is 11.3 Å². The van der Waals surface area contributed by atoms with Crippen molar-refractivity contribution in [3.8, 4) is 6.07 Å². The van der Waals surface area contributed by atoms with Gasteiger partial charge >= 0.3 is 0 Å². The van der Waals surface area contributed by atoms with Gasteiger partial charge in [-0.15, -0.1) is 11.3 Å². The van der Waals surface area contributed by atoms with Gasteiger partial charge in [-0.3, -0.25) is 10.00 Å². The molecule has 29 heavy (non-hydrogen) atoms. The van der Waals surface area contributed by atoms with E-state index in [1.54, 1.807) is 16.8 Å². The Hall–Kier alpha value is -2.77. The Labute approximate surface area is 172 Å². The number of aryl methyl sites for hydroxylation is 1. The summed E-state index contributed by atoms with van der Waals surface area (Å²) in [7, 11) is 0. The van der Waals surface area contributed by atoms with E-state index < -0.39 is 0 Å². The minimum atomic E-state index is 0.367. The van der Waals surface area contributed by atoms with Gasteiger partial charge in [-0.05, 0) is 32.6 Å². The normalized spacial score (nSPS) is 23.9. The van der Waals surface area contributed by atoms with E-state index in [9.17, 15) is 0 Å². The van der Waals surface area contributed by atoms with E-state index in [0.29, 0.717) is 42.0 Å². The van der Waals surface area contributed by atoms with Crippen molar-refractivity contribution < 1.29 is 0 Å². The highest BCUT2D eigenvalue weighted by atomic mass is 32.1. The number of piperidine rings is 1. The van der Waals surface area contributed by atoms with Crippen molar-refractivity contribution in [1.29, 1.82) is 5.26 Å². The van der Waals surface area contributed by atoms with E-state index in [1.165, 1.54) is 12.8 Å². The van der Waals surface area contributed by atoms with Gasteiger partial charge in [0.05, 0.1) is 11.6 Å². The maximum Gasteiger partial charge on any atom is 0.232 e. The van der Waals surface area contributed by atoms with Crippen molar-refractivity contribution in [3.63, 3.8) is 0 Å². The summed E-state index contributed by atoms with van der Waals surface area (Å²) in [6, 6.07) is 5.68. The largest absolute Gasteiger partial charge is 0.366 e. The average molecular weight is 410 g/mol. The quantitative estimate of drug-likeness (QED) is 0.568. The van der Waals surface area contributed by atoms with Crippen molar-refractivity contribution in [1.82, 2.24) is 30.0 Å². The zero-order valence-corrected chi connectivity index (χ0v) is 17.0. The highest BCUT2D eigenvalue weighted by molar-refractivity contribution is 7.17. The molecule has 2 unspecified atom stereocenters. The number of anilines is 3. The number of hydrogen-bond acceptors (Lipinski definition) is 9. The first-order valence-corrected chi connectivity index (χ1v) is 10.9. The van der Waals surface area contributed by atoms with E-state index in [2.05, 4.69) is 41.8 Å². The predicted molar refractivity (Wildman–Crippen MR) is 112 cm³/mol. The Morgan fingerprint density at radius 2 is 2.14 bits per heavy atom. The zero-order chi connectivity index (χ0) is 19.8. The van der Waals surface area contributed by atoms with Gasteiger partial charge in [0.25, 0.3) is 0 Å². The number of nitrogens with zero attached hydrogens (tertiary/aromatic N) is 6. The fraction of sp³-hybridized carbons (Fsp3) is 0.526. The van der Waals surface area contributed by atoms with E-state index >= 15 is 0 Å². The molecule has 2 aliphatic heterocycles. The highest BCUT2D eigenvalue weighted by Crippen LogP contribution is 2.37. The molecule has 3 atom stereocenters. The van der Waals surface area contributed by atoms with Crippen molar-refractivity contribution >= 4 is 39.3 Å². The lowest BCUT2D eigenvalue weighted by molar-refractivity contribution is 0.136. The standard InChI is InChI=1S/C19H23N9S/c1-11-7-15(27-26-11)23-19-24-17-16(29-10-21-17)18(25-19)22-12-8-13-3-4-14(9-12)28(13)6-2-5-20/h7,10,12-14H,2-4,6,8-9H2,1H3,(H3,22,23,24,25,26,27)/t12?,13-,14?/m0/s1. The summed E-state index contributed by atoms with van der Waals surface area (Å²) in [5.74, 6) is 2.01. The molecule has 0 aliphatic carbocycles. The van der Waals surface area contributed by atoms with Crippen LogP contribution in [0.2, 0.25) is 0 Å². The van der Waals surface area contributed by atoms with Gasteiger partial charge in [-0.2, -0.15) is 20.3 Å². The SMILES string of the molecule is Cc1cc(Nc2nc(NC3CC4CC[C@@H](C3)N4CCC#N)c3scnc3n2)n[nH]1. The lowest BCUT2D eigenvalue weighted by atomic mass is 9.97. The third-order valence-electron chi connectivity index (χ3n) is 5.85. The van der Waals surface area contributed by atoms with Crippen LogP contribution < -0.4 is 10.6 Å². The van der Waals surface area contributed by atoms with E-state index in [4.69, 9.17) is 10.2 Å².